The Morgan fingerprint density at radius 1 is 1.24 bits per heavy atom. The predicted molar refractivity (Wildman–Crippen MR) is 78.6 cm³/mol. The van der Waals surface area contributed by atoms with Gasteiger partial charge in [-0.2, -0.15) is 5.10 Å². The lowest BCUT2D eigenvalue weighted by Gasteiger charge is -2.27. The highest BCUT2D eigenvalue weighted by molar-refractivity contribution is 5.31. The van der Waals surface area contributed by atoms with Crippen LogP contribution in [0.15, 0.2) is 36.7 Å². The highest BCUT2D eigenvalue weighted by Crippen LogP contribution is 2.29. The van der Waals surface area contributed by atoms with Crippen molar-refractivity contribution in [1.82, 2.24) is 15.1 Å². The largest absolute Gasteiger partial charge is 0.394 e. The van der Waals surface area contributed by atoms with Gasteiger partial charge < -0.3 is 10.4 Å². The Hall–Kier alpha value is -1.72. The molecule has 0 radical (unpaired) electrons. The molecule has 0 aliphatic heterocycles. The summed E-state index contributed by atoms with van der Waals surface area (Å²) in [5.74, 6) is -0.251. The van der Waals surface area contributed by atoms with E-state index in [2.05, 4.69) is 10.4 Å². The number of aromatic nitrogens is 2. The van der Waals surface area contributed by atoms with Crippen LogP contribution in [0.5, 0.6) is 0 Å². The average molecular weight is 289 g/mol. The summed E-state index contributed by atoms with van der Waals surface area (Å²) in [4.78, 5) is 0. The van der Waals surface area contributed by atoms with Gasteiger partial charge >= 0.3 is 0 Å². The molecule has 0 spiro atoms. The summed E-state index contributed by atoms with van der Waals surface area (Å²) in [7, 11) is 0. The first-order valence-corrected chi connectivity index (χ1v) is 7.36. The molecule has 4 nitrogen and oxygen atoms in total. The normalized spacial score (nSPS) is 17.2. The van der Waals surface area contributed by atoms with E-state index in [0.29, 0.717) is 6.54 Å². The van der Waals surface area contributed by atoms with Crippen LogP contribution in [0.2, 0.25) is 0 Å². The zero-order chi connectivity index (χ0) is 14.7. The van der Waals surface area contributed by atoms with E-state index in [-0.39, 0.29) is 18.0 Å². The van der Waals surface area contributed by atoms with Crippen molar-refractivity contribution >= 4 is 0 Å². The summed E-state index contributed by atoms with van der Waals surface area (Å²) in [5.41, 5.74) is 1.76. The van der Waals surface area contributed by atoms with Crippen LogP contribution in [0.1, 0.15) is 31.2 Å². The van der Waals surface area contributed by atoms with Crippen LogP contribution in [0.3, 0.4) is 0 Å². The second kappa shape index (κ2) is 5.95. The van der Waals surface area contributed by atoms with Gasteiger partial charge in [0.15, 0.2) is 0 Å². The molecule has 0 unspecified atom stereocenters. The van der Waals surface area contributed by atoms with Crippen molar-refractivity contribution in [2.75, 3.05) is 6.61 Å². The standard InChI is InChI=1S/C16H20FN3O/c17-14-3-5-15(6-4-14)20-11-13(10-19-20)9-18-16(12-21)7-1-2-8-16/h3-6,10-11,18,21H,1-2,7-9,12H2. The maximum atomic E-state index is 12.9. The summed E-state index contributed by atoms with van der Waals surface area (Å²) in [6.07, 6.45) is 8.12. The number of nitrogens with one attached hydrogen (secondary N) is 1. The average Bonchev–Trinajstić information content (AvgIpc) is 3.16. The Morgan fingerprint density at radius 3 is 2.62 bits per heavy atom. The molecule has 0 saturated heterocycles. The van der Waals surface area contributed by atoms with Gasteiger partial charge in [-0.3, -0.25) is 0 Å². The molecule has 21 heavy (non-hydrogen) atoms. The van der Waals surface area contributed by atoms with Crippen molar-refractivity contribution in [1.29, 1.82) is 0 Å². The third-order valence-electron chi connectivity index (χ3n) is 4.26. The first kappa shape index (κ1) is 14.2. The van der Waals surface area contributed by atoms with E-state index in [0.717, 1.165) is 24.1 Å². The van der Waals surface area contributed by atoms with E-state index >= 15 is 0 Å². The number of aliphatic hydroxyl groups excluding tert-OH is 1. The number of benzene rings is 1. The summed E-state index contributed by atoms with van der Waals surface area (Å²) >= 11 is 0. The fourth-order valence-electron chi connectivity index (χ4n) is 2.92. The molecule has 1 aliphatic carbocycles. The Morgan fingerprint density at radius 2 is 1.95 bits per heavy atom. The minimum atomic E-state index is -0.251. The van der Waals surface area contributed by atoms with Gasteiger partial charge in [0, 0.05) is 23.8 Å². The quantitative estimate of drug-likeness (QED) is 0.888. The van der Waals surface area contributed by atoms with Crippen LogP contribution >= 0.6 is 0 Å². The van der Waals surface area contributed by atoms with Gasteiger partial charge in [0.1, 0.15) is 5.82 Å². The fourth-order valence-corrected chi connectivity index (χ4v) is 2.92. The van der Waals surface area contributed by atoms with Gasteiger partial charge in [-0.05, 0) is 37.1 Å². The Balaban J connectivity index is 1.66. The van der Waals surface area contributed by atoms with Crippen LogP contribution in [-0.4, -0.2) is 27.0 Å². The summed E-state index contributed by atoms with van der Waals surface area (Å²) in [5, 5.41) is 17.4. The van der Waals surface area contributed by atoms with E-state index in [4.69, 9.17) is 0 Å². The molecule has 1 aromatic carbocycles. The van der Waals surface area contributed by atoms with E-state index in [1.54, 1.807) is 23.0 Å². The number of nitrogens with zero attached hydrogens (tertiary/aromatic N) is 2. The minimum Gasteiger partial charge on any atom is -0.394 e. The highest BCUT2D eigenvalue weighted by Gasteiger charge is 2.32. The Kier molecular flexibility index (Phi) is 4.03. The van der Waals surface area contributed by atoms with Gasteiger partial charge in [0.2, 0.25) is 0 Å². The second-order valence-corrected chi connectivity index (χ2v) is 5.77. The molecular weight excluding hydrogens is 269 g/mol. The molecule has 1 aliphatic rings. The molecule has 1 aromatic heterocycles. The summed E-state index contributed by atoms with van der Waals surface area (Å²) < 4.78 is 14.7. The SMILES string of the molecule is OCC1(NCc2cnn(-c3ccc(F)cc3)c2)CCCC1. The first-order valence-electron chi connectivity index (χ1n) is 7.36. The van der Waals surface area contributed by atoms with Crippen LogP contribution < -0.4 is 5.32 Å². The molecule has 0 amide bonds. The molecular formula is C16H20FN3O. The maximum Gasteiger partial charge on any atom is 0.123 e. The predicted octanol–water partition coefficient (Wildman–Crippen LogP) is 2.41. The first-order chi connectivity index (χ1) is 10.2. The molecule has 2 N–H and O–H groups in total. The lowest BCUT2D eigenvalue weighted by atomic mass is 9.99. The molecule has 1 fully saturated rings. The Bertz CT molecular complexity index is 588. The summed E-state index contributed by atoms with van der Waals surface area (Å²) in [6.45, 7) is 0.862. The van der Waals surface area contributed by atoms with Crippen molar-refractivity contribution in [3.63, 3.8) is 0 Å². The topological polar surface area (TPSA) is 50.1 Å². The van der Waals surface area contributed by atoms with Crippen molar-refractivity contribution < 1.29 is 9.50 Å². The van der Waals surface area contributed by atoms with Gasteiger partial charge in [-0.15, -0.1) is 0 Å². The van der Waals surface area contributed by atoms with E-state index < -0.39 is 0 Å². The minimum absolute atomic E-state index is 0.127. The van der Waals surface area contributed by atoms with E-state index in [9.17, 15) is 9.50 Å². The number of aliphatic hydroxyl groups is 1. The molecule has 112 valence electrons. The number of hydrogen-bond donors (Lipinski definition) is 2. The van der Waals surface area contributed by atoms with Crippen molar-refractivity contribution in [3.05, 3.63) is 48.0 Å². The van der Waals surface area contributed by atoms with Crippen molar-refractivity contribution in [3.8, 4) is 5.69 Å². The highest BCUT2D eigenvalue weighted by atomic mass is 19.1. The number of halogens is 1. The van der Waals surface area contributed by atoms with Crippen LogP contribution in [0, 0.1) is 5.82 Å². The second-order valence-electron chi connectivity index (χ2n) is 5.77. The number of rotatable bonds is 5. The van der Waals surface area contributed by atoms with E-state index in [1.165, 1.54) is 25.0 Å². The van der Waals surface area contributed by atoms with Crippen molar-refractivity contribution in [2.45, 2.75) is 37.8 Å². The third-order valence-corrected chi connectivity index (χ3v) is 4.26. The molecule has 1 heterocycles. The third kappa shape index (κ3) is 3.14. The smallest absolute Gasteiger partial charge is 0.123 e. The molecule has 2 aromatic rings. The molecule has 5 heteroatoms. The number of hydrogen-bond acceptors (Lipinski definition) is 3. The lowest BCUT2D eigenvalue weighted by Crippen LogP contribution is -2.45. The molecule has 0 atom stereocenters. The van der Waals surface area contributed by atoms with Crippen LogP contribution in [0.25, 0.3) is 5.69 Å². The Labute approximate surface area is 123 Å². The van der Waals surface area contributed by atoms with Gasteiger partial charge in [-0.25, -0.2) is 9.07 Å². The van der Waals surface area contributed by atoms with Crippen LogP contribution in [0.4, 0.5) is 4.39 Å². The zero-order valence-electron chi connectivity index (χ0n) is 11.9. The molecule has 0 bridgehead atoms. The van der Waals surface area contributed by atoms with Crippen molar-refractivity contribution in [2.24, 2.45) is 0 Å². The lowest BCUT2D eigenvalue weighted by molar-refractivity contribution is 0.163. The van der Waals surface area contributed by atoms with Gasteiger partial charge in [0.05, 0.1) is 18.5 Å². The van der Waals surface area contributed by atoms with Gasteiger partial charge in [-0.1, -0.05) is 12.8 Å². The fraction of sp³-hybridized carbons (Fsp3) is 0.438. The van der Waals surface area contributed by atoms with Crippen LogP contribution in [-0.2, 0) is 6.54 Å². The van der Waals surface area contributed by atoms with E-state index in [1.807, 2.05) is 6.20 Å². The summed E-state index contributed by atoms with van der Waals surface area (Å²) in [6, 6.07) is 6.25. The maximum absolute atomic E-state index is 12.9. The van der Waals surface area contributed by atoms with Gasteiger partial charge in [0.25, 0.3) is 0 Å². The zero-order valence-corrected chi connectivity index (χ0v) is 11.9. The molecule has 3 rings (SSSR count). The molecule has 1 saturated carbocycles. The monoisotopic (exact) mass is 289 g/mol.